The van der Waals surface area contributed by atoms with Crippen LogP contribution in [-0.2, 0) is 11.2 Å². The Kier molecular flexibility index (Phi) is 4.10. The second-order valence-electron chi connectivity index (χ2n) is 6.32. The van der Waals surface area contributed by atoms with Crippen LogP contribution < -0.4 is 4.90 Å². The van der Waals surface area contributed by atoms with E-state index in [-0.39, 0.29) is 17.8 Å². The lowest BCUT2D eigenvalue weighted by Crippen LogP contribution is -2.36. The number of aryl methyl sites for hydroxylation is 1. The molecule has 1 atom stereocenters. The van der Waals surface area contributed by atoms with Crippen molar-refractivity contribution in [1.82, 2.24) is 4.98 Å². The molecule has 0 radical (unpaired) electrons. The lowest BCUT2D eigenvalue weighted by atomic mass is 9.96. The molecule has 6 heteroatoms. The summed E-state index contributed by atoms with van der Waals surface area (Å²) < 4.78 is 20.0. The summed E-state index contributed by atoms with van der Waals surface area (Å²) in [5, 5.41) is 2.61. The van der Waals surface area contributed by atoms with Crippen LogP contribution in [0.1, 0.15) is 52.0 Å². The van der Waals surface area contributed by atoms with Crippen LogP contribution in [0.4, 0.5) is 10.1 Å². The van der Waals surface area contributed by atoms with Gasteiger partial charge in [0.15, 0.2) is 0 Å². The van der Waals surface area contributed by atoms with Gasteiger partial charge in [-0.25, -0.2) is 9.37 Å². The smallest absolute Gasteiger partial charge is 0.277 e. The van der Waals surface area contributed by atoms with Crippen molar-refractivity contribution in [3.8, 4) is 0 Å². The van der Waals surface area contributed by atoms with Gasteiger partial charge in [0.2, 0.25) is 0 Å². The first-order chi connectivity index (χ1) is 11.6. The monoisotopic (exact) mass is 346 g/mol. The first kappa shape index (κ1) is 15.7. The van der Waals surface area contributed by atoms with E-state index < -0.39 is 0 Å². The molecule has 0 spiro atoms. The SMILES string of the molecule is Cc1ccc(F)c2c1CCCN2C(=O)c1csc([C@@H]2CCCO2)n1. The number of thiazole rings is 1. The summed E-state index contributed by atoms with van der Waals surface area (Å²) in [5.41, 5.74) is 2.78. The van der Waals surface area contributed by atoms with E-state index in [1.165, 1.54) is 17.4 Å². The lowest BCUT2D eigenvalue weighted by Gasteiger charge is -2.30. The molecule has 1 aromatic carbocycles. The molecule has 1 aromatic heterocycles. The summed E-state index contributed by atoms with van der Waals surface area (Å²) >= 11 is 1.45. The van der Waals surface area contributed by atoms with Crippen molar-refractivity contribution in [2.24, 2.45) is 0 Å². The van der Waals surface area contributed by atoms with Gasteiger partial charge >= 0.3 is 0 Å². The van der Waals surface area contributed by atoms with Crippen molar-refractivity contribution < 1.29 is 13.9 Å². The van der Waals surface area contributed by atoms with E-state index in [0.29, 0.717) is 17.9 Å². The highest BCUT2D eigenvalue weighted by Gasteiger charge is 2.30. The topological polar surface area (TPSA) is 42.4 Å². The third-order valence-corrected chi connectivity index (χ3v) is 5.67. The van der Waals surface area contributed by atoms with Gasteiger partial charge in [-0.3, -0.25) is 4.79 Å². The van der Waals surface area contributed by atoms with Crippen molar-refractivity contribution >= 4 is 22.9 Å². The molecule has 2 aromatic rings. The van der Waals surface area contributed by atoms with Gasteiger partial charge in [0, 0.05) is 18.5 Å². The number of ether oxygens (including phenoxy) is 1. The molecule has 1 saturated heterocycles. The Bertz CT molecular complexity index is 783. The third kappa shape index (κ3) is 2.63. The van der Waals surface area contributed by atoms with E-state index >= 15 is 0 Å². The molecule has 2 aliphatic heterocycles. The van der Waals surface area contributed by atoms with Crippen molar-refractivity contribution in [3.05, 3.63) is 45.2 Å². The largest absolute Gasteiger partial charge is 0.371 e. The van der Waals surface area contributed by atoms with Crippen LogP contribution >= 0.6 is 11.3 Å². The number of carbonyl (C=O) groups is 1. The molecule has 24 heavy (non-hydrogen) atoms. The number of nitrogens with zero attached hydrogens (tertiary/aromatic N) is 2. The fourth-order valence-corrected chi connectivity index (χ4v) is 4.36. The van der Waals surface area contributed by atoms with Gasteiger partial charge in [-0.05, 0) is 49.8 Å². The molecule has 1 fully saturated rings. The van der Waals surface area contributed by atoms with E-state index in [1.54, 1.807) is 16.3 Å². The minimum atomic E-state index is -0.335. The molecule has 2 aliphatic rings. The Morgan fingerprint density at radius 1 is 1.42 bits per heavy atom. The van der Waals surface area contributed by atoms with Crippen LogP contribution in [0.3, 0.4) is 0 Å². The Balaban J connectivity index is 1.66. The number of hydrogen-bond donors (Lipinski definition) is 0. The fourth-order valence-electron chi connectivity index (χ4n) is 3.49. The van der Waals surface area contributed by atoms with Crippen molar-refractivity contribution in [3.63, 3.8) is 0 Å². The number of fused-ring (bicyclic) bond motifs is 1. The van der Waals surface area contributed by atoms with Gasteiger partial charge in [0.05, 0.1) is 5.69 Å². The van der Waals surface area contributed by atoms with Gasteiger partial charge in [0.1, 0.15) is 22.6 Å². The highest BCUT2D eigenvalue weighted by molar-refractivity contribution is 7.09. The summed E-state index contributed by atoms with van der Waals surface area (Å²) in [4.78, 5) is 18.9. The van der Waals surface area contributed by atoms with Crippen molar-refractivity contribution in [2.45, 2.75) is 38.7 Å². The molecule has 0 aliphatic carbocycles. The number of anilines is 1. The molecule has 0 N–H and O–H groups in total. The number of carbonyl (C=O) groups excluding carboxylic acids is 1. The molecule has 0 saturated carbocycles. The quantitative estimate of drug-likeness (QED) is 0.824. The van der Waals surface area contributed by atoms with Gasteiger partial charge < -0.3 is 9.64 Å². The molecule has 3 heterocycles. The molecule has 126 valence electrons. The number of halogens is 1. The summed E-state index contributed by atoms with van der Waals surface area (Å²) in [6.45, 7) is 3.24. The Morgan fingerprint density at radius 2 is 2.29 bits per heavy atom. The zero-order chi connectivity index (χ0) is 16.7. The van der Waals surface area contributed by atoms with Crippen LogP contribution in [-0.4, -0.2) is 24.0 Å². The van der Waals surface area contributed by atoms with Crippen molar-refractivity contribution in [1.29, 1.82) is 0 Å². The second kappa shape index (κ2) is 6.26. The molecular weight excluding hydrogens is 327 g/mol. The summed E-state index contributed by atoms with van der Waals surface area (Å²) in [6.07, 6.45) is 3.62. The van der Waals surface area contributed by atoms with E-state index in [9.17, 15) is 9.18 Å². The Labute approximate surface area is 144 Å². The summed E-state index contributed by atoms with van der Waals surface area (Å²) in [5.74, 6) is -0.556. The van der Waals surface area contributed by atoms with E-state index in [0.717, 1.165) is 48.4 Å². The fraction of sp³-hybridized carbons (Fsp3) is 0.444. The van der Waals surface area contributed by atoms with Gasteiger partial charge in [-0.2, -0.15) is 0 Å². The van der Waals surface area contributed by atoms with Gasteiger partial charge in [-0.15, -0.1) is 11.3 Å². The van der Waals surface area contributed by atoms with Crippen LogP contribution in [0.2, 0.25) is 0 Å². The van der Waals surface area contributed by atoms with Crippen LogP contribution in [0.15, 0.2) is 17.5 Å². The predicted molar refractivity (Wildman–Crippen MR) is 91.2 cm³/mol. The zero-order valence-corrected chi connectivity index (χ0v) is 14.4. The zero-order valence-electron chi connectivity index (χ0n) is 13.5. The van der Waals surface area contributed by atoms with E-state index in [1.807, 2.05) is 6.92 Å². The summed E-state index contributed by atoms with van der Waals surface area (Å²) in [6, 6.07) is 3.22. The molecule has 0 unspecified atom stereocenters. The van der Waals surface area contributed by atoms with Gasteiger partial charge in [0.25, 0.3) is 5.91 Å². The standard InChI is InChI=1S/C18H19FN2O2S/c1-11-6-7-13(19)16-12(11)4-2-8-21(16)18(22)14-10-24-17(20-14)15-5-3-9-23-15/h6-7,10,15H,2-5,8-9H2,1H3/t15-/m0/s1. The first-order valence-corrected chi connectivity index (χ1v) is 9.20. The molecule has 4 rings (SSSR count). The maximum absolute atomic E-state index is 14.4. The second-order valence-corrected chi connectivity index (χ2v) is 7.21. The molecule has 1 amide bonds. The van der Waals surface area contributed by atoms with Crippen LogP contribution in [0.5, 0.6) is 0 Å². The number of aromatic nitrogens is 1. The van der Waals surface area contributed by atoms with Crippen LogP contribution in [0.25, 0.3) is 0 Å². The highest BCUT2D eigenvalue weighted by atomic mass is 32.1. The average molecular weight is 346 g/mol. The van der Waals surface area contributed by atoms with E-state index in [4.69, 9.17) is 4.74 Å². The average Bonchev–Trinajstić information content (AvgIpc) is 3.28. The highest BCUT2D eigenvalue weighted by Crippen LogP contribution is 2.35. The van der Waals surface area contributed by atoms with Crippen LogP contribution in [0, 0.1) is 12.7 Å². The van der Waals surface area contributed by atoms with E-state index in [2.05, 4.69) is 4.98 Å². The number of hydrogen-bond acceptors (Lipinski definition) is 4. The molecule has 4 nitrogen and oxygen atoms in total. The maximum Gasteiger partial charge on any atom is 0.277 e. The van der Waals surface area contributed by atoms with Crippen molar-refractivity contribution in [2.75, 3.05) is 18.1 Å². The Hall–Kier alpha value is -1.79. The van der Waals surface area contributed by atoms with Gasteiger partial charge in [-0.1, -0.05) is 6.07 Å². The molecule has 0 bridgehead atoms. The first-order valence-electron chi connectivity index (χ1n) is 8.32. The predicted octanol–water partition coefficient (Wildman–Crippen LogP) is 4.04. The Morgan fingerprint density at radius 3 is 3.08 bits per heavy atom. The number of rotatable bonds is 2. The maximum atomic E-state index is 14.4. The normalized spacial score (nSPS) is 20.2. The third-order valence-electron chi connectivity index (χ3n) is 4.74. The summed E-state index contributed by atoms with van der Waals surface area (Å²) in [7, 11) is 0. The number of amides is 1. The minimum Gasteiger partial charge on any atom is -0.371 e. The minimum absolute atomic E-state index is 0.00386. The number of benzene rings is 1. The lowest BCUT2D eigenvalue weighted by molar-refractivity contribution is 0.0976. The molecular formula is C18H19FN2O2S.